The molecule has 0 aliphatic rings. The molecular weight excluding hydrogens is 414 g/mol. The highest BCUT2D eigenvalue weighted by Gasteiger charge is 2.27. The van der Waals surface area contributed by atoms with Crippen molar-refractivity contribution >= 4 is 28.8 Å². The predicted octanol–water partition coefficient (Wildman–Crippen LogP) is 2.28. The van der Waals surface area contributed by atoms with Gasteiger partial charge in [-0.15, -0.1) is 11.3 Å². The summed E-state index contributed by atoms with van der Waals surface area (Å²) in [7, 11) is 1.49. The molecule has 0 spiro atoms. The number of carbonyl (C=O) groups excluding carboxylic acids is 1. The van der Waals surface area contributed by atoms with Gasteiger partial charge >= 0.3 is 6.61 Å². The Labute approximate surface area is 176 Å². The Hall–Kier alpha value is -2.83. The smallest absolute Gasteiger partial charge is 0.387 e. The lowest BCUT2D eigenvalue weighted by Crippen LogP contribution is -2.35. The molecule has 0 fully saturated rings. The largest absolute Gasteiger partial charge is 0.435 e. The van der Waals surface area contributed by atoms with Gasteiger partial charge in [0.15, 0.2) is 5.78 Å². The van der Waals surface area contributed by atoms with Crippen LogP contribution in [0.3, 0.4) is 0 Å². The van der Waals surface area contributed by atoms with Gasteiger partial charge in [0.1, 0.15) is 22.1 Å². The molecule has 0 bridgehead atoms. The normalized spacial score (nSPS) is 13.3. The molecule has 30 heavy (non-hydrogen) atoms. The first-order valence-electron chi connectivity index (χ1n) is 9.03. The van der Waals surface area contributed by atoms with Crippen molar-refractivity contribution in [3.8, 4) is 11.8 Å². The van der Waals surface area contributed by atoms with Gasteiger partial charge in [-0.05, 0) is 23.8 Å². The highest BCUT2D eigenvalue weighted by molar-refractivity contribution is 7.07. The van der Waals surface area contributed by atoms with Crippen LogP contribution in [-0.4, -0.2) is 30.7 Å². The van der Waals surface area contributed by atoms with Gasteiger partial charge in [0.2, 0.25) is 0 Å². The van der Waals surface area contributed by atoms with Crippen LogP contribution in [0.4, 0.5) is 8.78 Å². The summed E-state index contributed by atoms with van der Waals surface area (Å²) in [5.41, 5.74) is -0.654. The number of rotatable bonds is 7. The van der Waals surface area contributed by atoms with Gasteiger partial charge in [-0.1, -0.05) is 32.9 Å². The molecule has 0 unspecified atom stereocenters. The van der Waals surface area contributed by atoms with Crippen LogP contribution in [0, 0.1) is 16.7 Å². The van der Waals surface area contributed by atoms with Crippen LogP contribution in [0.2, 0.25) is 0 Å². The van der Waals surface area contributed by atoms with Gasteiger partial charge < -0.3 is 9.47 Å². The zero-order valence-electron chi connectivity index (χ0n) is 17.1. The maximum absolute atomic E-state index is 12.9. The number of hydrogen-bond donors (Lipinski definition) is 0. The minimum Gasteiger partial charge on any atom is -0.435 e. The van der Waals surface area contributed by atoms with Crippen LogP contribution in [-0.2, 0) is 16.1 Å². The number of nitrogens with zero attached hydrogens (tertiary/aromatic N) is 2. The van der Waals surface area contributed by atoms with Crippen molar-refractivity contribution in [1.29, 1.82) is 5.26 Å². The summed E-state index contributed by atoms with van der Waals surface area (Å²) in [6.45, 7) is 2.59. The SMILES string of the molecule is COCCn1c(=O)/c(=C/c2ccc(OC(F)F)cc2)s/c1=C(/C#N)C(=O)C(C)(C)C. The quantitative estimate of drug-likeness (QED) is 0.665. The van der Waals surface area contributed by atoms with Gasteiger partial charge in [-0.25, -0.2) is 0 Å². The maximum Gasteiger partial charge on any atom is 0.387 e. The fourth-order valence-electron chi connectivity index (χ4n) is 2.56. The van der Waals surface area contributed by atoms with Gasteiger partial charge in [0.05, 0.1) is 17.7 Å². The van der Waals surface area contributed by atoms with E-state index in [9.17, 15) is 23.6 Å². The number of hydrogen-bond acceptors (Lipinski definition) is 6. The average molecular weight is 436 g/mol. The number of benzene rings is 1. The number of nitriles is 1. The van der Waals surface area contributed by atoms with Crippen LogP contribution in [0.15, 0.2) is 29.1 Å². The summed E-state index contributed by atoms with van der Waals surface area (Å²) in [6.07, 6.45) is 1.57. The molecule has 0 amide bonds. The molecule has 0 N–H and O–H groups in total. The number of ether oxygens (including phenoxy) is 2. The van der Waals surface area contributed by atoms with E-state index in [-0.39, 0.29) is 40.5 Å². The molecule has 0 saturated carbocycles. The average Bonchev–Trinajstić information content (AvgIpc) is 2.96. The predicted molar refractivity (Wildman–Crippen MR) is 110 cm³/mol. The third-order valence-electron chi connectivity index (χ3n) is 4.06. The molecule has 9 heteroatoms. The van der Waals surface area contributed by atoms with Crippen molar-refractivity contribution in [3.05, 3.63) is 49.4 Å². The standard InChI is InChI=1S/C21H22F2N2O4S/c1-21(2,3)17(26)15(12-24)19-25(9-10-28-4)18(27)16(30-19)11-13-5-7-14(8-6-13)29-20(22)23/h5-8,11,20H,9-10H2,1-4H3/b16-11-,19-15-. The lowest BCUT2D eigenvalue weighted by molar-refractivity contribution is -0.120. The monoisotopic (exact) mass is 436 g/mol. The molecule has 2 rings (SSSR count). The van der Waals surface area contributed by atoms with E-state index >= 15 is 0 Å². The molecule has 160 valence electrons. The van der Waals surface area contributed by atoms with Gasteiger partial charge in [-0.2, -0.15) is 14.0 Å². The third kappa shape index (κ3) is 5.62. The van der Waals surface area contributed by atoms with E-state index in [0.29, 0.717) is 10.1 Å². The Bertz CT molecular complexity index is 1120. The van der Waals surface area contributed by atoms with E-state index in [1.54, 1.807) is 26.8 Å². The van der Waals surface area contributed by atoms with Gasteiger partial charge in [-0.3, -0.25) is 14.2 Å². The first kappa shape index (κ1) is 23.4. The summed E-state index contributed by atoms with van der Waals surface area (Å²) in [5, 5.41) is 9.62. The van der Waals surface area contributed by atoms with Crippen molar-refractivity contribution in [2.75, 3.05) is 13.7 Å². The van der Waals surface area contributed by atoms with E-state index in [2.05, 4.69) is 4.74 Å². The Morgan fingerprint density at radius 2 is 1.93 bits per heavy atom. The van der Waals surface area contributed by atoms with E-state index in [0.717, 1.165) is 11.3 Å². The molecular formula is C21H22F2N2O4S. The lowest BCUT2D eigenvalue weighted by Gasteiger charge is -2.15. The number of alkyl halides is 2. The summed E-state index contributed by atoms with van der Waals surface area (Å²) >= 11 is 1.03. The number of Topliss-reactive ketones (excluding diaryl/α,β-unsaturated/α-hetero) is 1. The van der Waals surface area contributed by atoms with E-state index < -0.39 is 12.0 Å². The Kier molecular flexibility index (Phi) is 7.65. The molecule has 0 aliphatic carbocycles. The molecule has 1 aromatic carbocycles. The fourth-order valence-corrected chi connectivity index (χ4v) is 3.68. The Morgan fingerprint density at radius 3 is 2.43 bits per heavy atom. The summed E-state index contributed by atoms with van der Waals surface area (Å²) < 4.78 is 35.9. The molecule has 2 aromatic rings. The second-order valence-electron chi connectivity index (χ2n) is 7.38. The minimum absolute atomic E-state index is 0.00222. The van der Waals surface area contributed by atoms with Crippen molar-refractivity contribution in [2.45, 2.75) is 33.9 Å². The van der Waals surface area contributed by atoms with Crippen LogP contribution in [0.25, 0.3) is 11.6 Å². The molecule has 6 nitrogen and oxygen atoms in total. The lowest BCUT2D eigenvalue weighted by atomic mass is 9.87. The number of halogens is 2. The van der Waals surface area contributed by atoms with E-state index in [4.69, 9.17) is 4.74 Å². The molecule has 1 heterocycles. The highest BCUT2D eigenvalue weighted by atomic mass is 32.1. The molecule has 1 aromatic heterocycles. The van der Waals surface area contributed by atoms with Crippen molar-refractivity contribution in [1.82, 2.24) is 4.57 Å². The van der Waals surface area contributed by atoms with Gasteiger partial charge in [0, 0.05) is 12.5 Å². The summed E-state index contributed by atoms with van der Waals surface area (Å²) in [4.78, 5) is 25.7. The summed E-state index contributed by atoms with van der Waals surface area (Å²) in [5.74, 6) is -0.361. The summed E-state index contributed by atoms with van der Waals surface area (Å²) in [6, 6.07) is 7.75. The minimum atomic E-state index is -2.92. The number of methoxy groups -OCH3 is 1. The number of aromatic nitrogens is 1. The Balaban J connectivity index is 2.67. The van der Waals surface area contributed by atoms with E-state index in [1.165, 1.54) is 35.9 Å². The highest BCUT2D eigenvalue weighted by Crippen LogP contribution is 2.19. The van der Waals surface area contributed by atoms with Crippen LogP contribution in [0.5, 0.6) is 5.75 Å². The number of thiazole rings is 1. The van der Waals surface area contributed by atoms with Crippen molar-refractivity contribution < 1.29 is 23.0 Å². The zero-order valence-corrected chi connectivity index (χ0v) is 17.9. The maximum atomic E-state index is 12.9. The molecule has 0 aliphatic heterocycles. The fraction of sp³-hybridized carbons (Fsp3) is 0.381. The van der Waals surface area contributed by atoms with Crippen molar-refractivity contribution in [2.24, 2.45) is 5.41 Å². The third-order valence-corrected chi connectivity index (χ3v) is 5.19. The Morgan fingerprint density at radius 1 is 1.30 bits per heavy atom. The van der Waals surface area contributed by atoms with Crippen LogP contribution >= 0.6 is 11.3 Å². The van der Waals surface area contributed by atoms with Crippen LogP contribution in [0.1, 0.15) is 26.3 Å². The molecule has 0 atom stereocenters. The number of ketones is 1. The second kappa shape index (κ2) is 9.78. The van der Waals surface area contributed by atoms with Crippen LogP contribution < -0.4 is 19.5 Å². The topological polar surface area (TPSA) is 81.3 Å². The molecule has 0 radical (unpaired) electrons. The zero-order chi connectivity index (χ0) is 22.5. The van der Waals surface area contributed by atoms with Crippen molar-refractivity contribution in [3.63, 3.8) is 0 Å². The first-order valence-corrected chi connectivity index (χ1v) is 9.84. The second-order valence-corrected chi connectivity index (χ2v) is 8.41. The molecule has 0 saturated heterocycles. The number of carbonyl (C=O) groups is 1. The van der Waals surface area contributed by atoms with E-state index in [1.807, 2.05) is 6.07 Å². The first-order chi connectivity index (χ1) is 14.1. The van der Waals surface area contributed by atoms with Gasteiger partial charge in [0.25, 0.3) is 5.56 Å².